The molecule has 0 fully saturated rings. The number of ether oxygens (including phenoxy) is 3. The minimum Gasteiger partial charge on any atom is -0.493 e. The molecule has 1 aliphatic heterocycles. The maximum Gasteiger partial charge on any atom is 0.338 e. The monoisotopic (exact) mass is 590 g/mol. The van der Waals surface area contributed by atoms with E-state index in [-0.39, 0.29) is 12.2 Å². The van der Waals surface area contributed by atoms with Gasteiger partial charge in [0, 0.05) is 0 Å². The van der Waals surface area contributed by atoms with Gasteiger partial charge >= 0.3 is 5.97 Å². The highest BCUT2D eigenvalue weighted by Crippen LogP contribution is 2.35. The fourth-order valence-corrected chi connectivity index (χ4v) is 6.40. The Morgan fingerprint density at radius 3 is 2.53 bits per heavy atom. The number of aromatic nitrogens is 1. The zero-order chi connectivity index (χ0) is 29.9. The van der Waals surface area contributed by atoms with E-state index in [1.54, 1.807) is 25.5 Å². The van der Waals surface area contributed by atoms with Crippen LogP contribution in [0.2, 0.25) is 0 Å². The van der Waals surface area contributed by atoms with Crippen LogP contribution in [0, 0.1) is 0 Å². The Morgan fingerprint density at radius 2 is 1.74 bits per heavy atom. The Balaban J connectivity index is 1.45. The lowest BCUT2D eigenvalue weighted by Crippen LogP contribution is -2.40. The first-order valence-corrected chi connectivity index (χ1v) is 14.8. The number of allylic oxidation sites excluding steroid dienone is 1. The van der Waals surface area contributed by atoms with E-state index in [4.69, 9.17) is 19.2 Å². The molecule has 8 heteroatoms. The molecule has 216 valence electrons. The molecular weight excluding hydrogens is 560 g/mol. The normalized spacial score (nSPS) is 14.8. The Kier molecular flexibility index (Phi) is 7.94. The average molecular weight is 591 g/mol. The van der Waals surface area contributed by atoms with E-state index < -0.39 is 12.0 Å². The quantitative estimate of drug-likeness (QED) is 0.222. The summed E-state index contributed by atoms with van der Waals surface area (Å²) in [4.78, 5) is 32.6. The third kappa shape index (κ3) is 5.49. The smallest absolute Gasteiger partial charge is 0.338 e. The molecule has 0 saturated heterocycles. The second-order valence-electron chi connectivity index (χ2n) is 10.1. The van der Waals surface area contributed by atoms with E-state index in [9.17, 15) is 9.59 Å². The standard InChI is InChI=1S/C35H30N2O5S/c1-4-41-34(39)31-22(2)36-35-37(32(31)27-16-10-14-25-13-8-9-15-26(25)27)33(38)30(43-35)20-24-17-18-28(29(19-24)40-3)42-21-23-11-6-5-7-12-23/h5-20,32H,4,21H2,1-3H3/b30-20-/t32-/m0/s1. The lowest BCUT2D eigenvalue weighted by atomic mass is 9.91. The first-order valence-electron chi connectivity index (χ1n) is 14.0. The van der Waals surface area contributed by atoms with E-state index >= 15 is 0 Å². The topological polar surface area (TPSA) is 79.1 Å². The van der Waals surface area contributed by atoms with Crippen LogP contribution in [0.4, 0.5) is 0 Å². The first-order chi connectivity index (χ1) is 21.0. The highest BCUT2D eigenvalue weighted by Gasteiger charge is 2.34. The number of fused-ring (bicyclic) bond motifs is 2. The maximum absolute atomic E-state index is 14.1. The minimum absolute atomic E-state index is 0.217. The predicted molar refractivity (Wildman–Crippen MR) is 168 cm³/mol. The van der Waals surface area contributed by atoms with Crippen LogP contribution >= 0.6 is 11.3 Å². The Morgan fingerprint density at radius 1 is 0.977 bits per heavy atom. The highest BCUT2D eigenvalue weighted by molar-refractivity contribution is 7.07. The molecule has 0 saturated carbocycles. The molecule has 0 radical (unpaired) electrons. The number of thiazole rings is 1. The van der Waals surface area contributed by atoms with Crippen LogP contribution in [-0.2, 0) is 16.1 Å². The number of rotatable bonds is 8. The van der Waals surface area contributed by atoms with E-state index in [2.05, 4.69) is 0 Å². The van der Waals surface area contributed by atoms with Gasteiger partial charge in [-0.3, -0.25) is 9.36 Å². The molecule has 6 rings (SSSR count). The van der Waals surface area contributed by atoms with E-state index in [1.807, 2.05) is 97.1 Å². The zero-order valence-electron chi connectivity index (χ0n) is 24.1. The minimum atomic E-state index is -0.688. The first kappa shape index (κ1) is 28.2. The predicted octanol–water partition coefficient (Wildman–Crippen LogP) is 5.54. The van der Waals surface area contributed by atoms with Gasteiger partial charge in [0.15, 0.2) is 16.3 Å². The van der Waals surface area contributed by atoms with Gasteiger partial charge in [0.2, 0.25) is 0 Å². The lowest BCUT2D eigenvalue weighted by Gasteiger charge is -2.25. The Bertz CT molecular complexity index is 2040. The lowest BCUT2D eigenvalue weighted by molar-refractivity contribution is -0.139. The Labute approximate surface area is 252 Å². The van der Waals surface area contributed by atoms with Crippen LogP contribution in [0.25, 0.3) is 16.8 Å². The van der Waals surface area contributed by atoms with Crippen LogP contribution in [0.3, 0.4) is 0 Å². The average Bonchev–Trinajstić information content (AvgIpc) is 3.33. The zero-order valence-corrected chi connectivity index (χ0v) is 24.9. The maximum atomic E-state index is 14.1. The summed E-state index contributed by atoms with van der Waals surface area (Å²) in [6.07, 6.45) is 1.82. The van der Waals surface area contributed by atoms with E-state index in [0.29, 0.717) is 38.7 Å². The van der Waals surface area contributed by atoms with Crippen molar-refractivity contribution < 1.29 is 19.0 Å². The van der Waals surface area contributed by atoms with Crippen molar-refractivity contribution in [3.63, 3.8) is 0 Å². The molecule has 2 heterocycles. The van der Waals surface area contributed by atoms with Gasteiger partial charge in [-0.1, -0.05) is 90.2 Å². The van der Waals surface area contributed by atoms with Gasteiger partial charge in [0.25, 0.3) is 5.56 Å². The van der Waals surface area contributed by atoms with Crippen molar-refractivity contribution in [3.05, 3.63) is 139 Å². The summed E-state index contributed by atoms with van der Waals surface area (Å²) < 4.78 is 19.2. The van der Waals surface area contributed by atoms with Crippen LogP contribution in [0.15, 0.2) is 112 Å². The molecule has 0 N–H and O–H groups in total. The molecule has 1 atom stereocenters. The van der Waals surface area contributed by atoms with Crippen molar-refractivity contribution >= 4 is 34.2 Å². The van der Waals surface area contributed by atoms with Gasteiger partial charge in [0.05, 0.1) is 35.6 Å². The summed E-state index contributed by atoms with van der Waals surface area (Å²) in [5.41, 5.74) is 3.32. The molecule has 0 unspecified atom stereocenters. The third-order valence-electron chi connectivity index (χ3n) is 7.36. The number of esters is 1. The number of carbonyl (C=O) groups excluding carboxylic acids is 1. The molecule has 1 aliphatic rings. The van der Waals surface area contributed by atoms with Gasteiger partial charge in [0.1, 0.15) is 6.61 Å². The number of benzene rings is 4. The molecule has 0 spiro atoms. The summed E-state index contributed by atoms with van der Waals surface area (Å²) in [6, 6.07) is 28.7. The second-order valence-corrected chi connectivity index (χ2v) is 11.1. The van der Waals surface area contributed by atoms with Gasteiger partial charge < -0.3 is 14.2 Å². The molecular formula is C35H30N2O5S. The summed E-state index contributed by atoms with van der Waals surface area (Å²) in [5.74, 6) is 0.689. The van der Waals surface area contributed by atoms with Crippen molar-refractivity contribution in [3.8, 4) is 11.5 Å². The molecule has 43 heavy (non-hydrogen) atoms. The highest BCUT2D eigenvalue weighted by atomic mass is 32.1. The van der Waals surface area contributed by atoms with Crippen molar-refractivity contribution in [2.24, 2.45) is 4.99 Å². The van der Waals surface area contributed by atoms with Crippen LogP contribution < -0.4 is 24.4 Å². The number of carbonyl (C=O) groups is 1. The van der Waals surface area contributed by atoms with Gasteiger partial charge in [-0.15, -0.1) is 0 Å². The summed E-state index contributed by atoms with van der Waals surface area (Å²) in [6.45, 7) is 4.18. The van der Waals surface area contributed by atoms with Gasteiger partial charge in [-0.25, -0.2) is 9.79 Å². The number of hydrogen-bond acceptors (Lipinski definition) is 7. The molecule has 7 nitrogen and oxygen atoms in total. The molecule has 1 aromatic heterocycles. The number of methoxy groups -OCH3 is 1. The second kappa shape index (κ2) is 12.1. The largest absolute Gasteiger partial charge is 0.493 e. The SMILES string of the molecule is CCOC(=O)C1=C(C)N=c2s/c(=C\c3ccc(OCc4ccccc4)c(OC)c3)c(=O)n2[C@H]1c1cccc2ccccc12. The molecule has 0 aliphatic carbocycles. The molecule has 0 amide bonds. The van der Waals surface area contributed by atoms with E-state index in [0.717, 1.165) is 27.5 Å². The van der Waals surface area contributed by atoms with Crippen molar-refractivity contribution in [2.75, 3.05) is 13.7 Å². The van der Waals surface area contributed by atoms with Crippen LogP contribution in [-0.4, -0.2) is 24.3 Å². The summed E-state index contributed by atoms with van der Waals surface area (Å²) in [7, 11) is 1.59. The van der Waals surface area contributed by atoms with Crippen molar-refractivity contribution in [1.29, 1.82) is 0 Å². The molecule has 0 bridgehead atoms. The van der Waals surface area contributed by atoms with Crippen LogP contribution in [0.5, 0.6) is 11.5 Å². The number of hydrogen-bond donors (Lipinski definition) is 0. The Hall–Kier alpha value is -4.95. The molecule has 4 aromatic carbocycles. The van der Waals surface area contributed by atoms with Crippen molar-refractivity contribution in [1.82, 2.24) is 4.57 Å². The van der Waals surface area contributed by atoms with E-state index in [1.165, 1.54) is 11.3 Å². The van der Waals surface area contributed by atoms with Gasteiger partial charge in [-0.2, -0.15) is 0 Å². The fourth-order valence-electron chi connectivity index (χ4n) is 5.35. The summed E-state index contributed by atoms with van der Waals surface area (Å²) in [5, 5.41) is 1.97. The van der Waals surface area contributed by atoms with Crippen molar-refractivity contribution in [2.45, 2.75) is 26.5 Å². The fraction of sp³-hybridized carbons (Fsp3) is 0.171. The van der Waals surface area contributed by atoms with Gasteiger partial charge in [-0.05, 0) is 59.5 Å². The third-order valence-corrected chi connectivity index (χ3v) is 8.34. The molecule has 5 aromatic rings. The number of nitrogens with zero attached hydrogens (tertiary/aromatic N) is 2. The summed E-state index contributed by atoms with van der Waals surface area (Å²) >= 11 is 1.29. The van der Waals surface area contributed by atoms with Crippen LogP contribution in [0.1, 0.15) is 36.6 Å².